The third-order valence-electron chi connectivity index (χ3n) is 5.76. The van der Waals surface area contributed by atoms with Crippen molar-refractivity contribution < 1.29 is 9.53 Å². The van der Waals surface area contributed by atoms with Crippen LogP contribution in [0.1, 0.15) is 83.6 Å². The van der Waals surface area contributed by atoms with Gasteiger partial charge in [-0.2, -0.15) is 5.26 Å². The average Bonchev–Trinajstić information content (AvgIpc) is 2.81. The Balaban J connectivity index is 1.88. The van der Waals surface area contributed by atoms with Gasteiger partial charge >= 0.3 is 5.97 Å². The normalized spacial score (nSPS) is 14.3. The van der Waals surface area contributed by atoms with Gasteiger partial charge in [0.2, 0.25) is 0 Å². The maximum Gasteiger partial charge on any atom is 0.348 e. The smallest absolute Gasteiger partial charge is 0.348 e. The molecular formula is C28H38N2O2. The third kappa shape index (κ3) is 8.38. The summed E-state index contributed by atoms with van der Waals surface area (Å²) in [5, 5.41) is 9.24. The van der Waals surface area contributed by atoms with Crippen LogP contribution in [0.25, 0.3) is 5.57 Å². The second-order valence-corrected chi connectivity index (χ2v) is 8.24. The van der Waals surface area contributed by atoms with E-state index in [1.807, 2.05) is 18.2 Å². The van der Waals surface area contributed by atoms with Crippen molar-refractivity contribution in [1.29, 1.82) is 5.26 Å². The molecule has 0 unspecified atom stereocenters. The number of unbranched alkanes of at least 4 members (excludes halogenated alkanes) is 9. The van der Waals surface area contributed by atoms with Gasteiger partial charge in [-0.3, -0.25) is 0 Å². The van der Waals surface area contributed by atoms with Crippen molar-refractivity contribution >= 4 is 17.2 Å². The fourth-order valence-corrected chi connectivity index (χ4v) is 3.95. The van der Waals surface area contributed by atoms with Gasteiger partial charge in [-0.25, -0.2) is 4.79 Å². The summed E-state index contributed by atoms with van der Waals surface area (Å²) in [5.41, 5.74) is 3.27. The van der Waals surface area contributed by atoms with E-state index in [-0.39, 0.29) is 12.2 Å². The van der Waals surface area contributed by atoms with Crippen LogP contribution in [-0.2, 0) is 9.53 Å². The van der Waals surface area contributed by atoms with E-state index in [9.17, 15) is 10.1 Å². The molecule has 0 aliphatic carbocycles. The quantitative estimate of drug-likeness (QED) is 0.133. The van der Waals surface area contributed by atoms with Crippen LogP contribution in [0.4, 0.5) is 5.69 Å². The molecule has 1 aromatic rings. The maximum absolute atomic E-state index is 11.8. The molecule has 1 aliphatic heterocycles. The molecule has 0 saturated carbocycles. The van der Waals surface area contributed by atoms with E-state index in [0.717, 1.165) is 17.7 Å². The van der Waals surface area contributed by atoms with Gasteiger partial charge < -0.3 is 9.64 Å². The summed E-state index contributed by atoms with van der Waals surface area (Å²) in [6, 6.07) is 10.2. The lowest BCUT2D eigenvalue weighted by Gasteiger charge is -2.27. The summed E-state index contributed by atoms with van der Waals surface area (Å²) in [4.78, 5) is 14.2. The molecule has 0 amide bonds. The van der Waals surface area contributed by atoms with Gasteiger partial charge in [0.05, 0.1) is 6.61 Å². The van der Waals surface area contributed by atoms with Gasteiger partial charge in [0, 0.05) is 24.0 Å². The number of benzene rings is 1. The molecule has 0 bridgehead atoms. The number of allylic oxidation sites excluding steroid dienone is 4. The zero-order valence-corrected chi connectivity index (χ0v) is 19.8. The fraction of sp³-hybridized carbons (Fsp3) is 0.500. The van der Waals surface area contributed by atoms with Crippen LogP contribution in [0, 0.1) is 11.3 Å². The standard InChI is InChI=1S/C28H38N2O2/c1-3-5-6-7-8-9-10-11-12-15-21-30-22-20-24(26-16-13-14-17-27(26)30)18-19-25(23-29)28(31)32-4-2/h13-14,16-20,22H,3-12,15,21H2,1-2H3/b24-18-,25-19+. The molecule has 1 aromatic carbocycles. The Morgan fingerprint density at radius 2 is 1.66 bits per heavy atom. The van der Waals surface area contributed by atoms with E-state index in [2.05, 4.69) is 42.3 Å². The zero-order chi connectivity index (χ0) is 23.0. The number of hydrogen-bond donors (Lipinski definition) is 0. The molecule has 0 N–H and O–H groups in total. The van der Waals surface area contributed by atoms with Crippen molar-refractivity contribution in [3.8, 4) is 6.07 Å². The molecule has 0 fully saturated rings. The molecule has 1 heterocycles. The topological polar surface area (TPSA) is 53.3 Å². The van der Waals surface area contributed by atoms with E-state index >= 15 is 0 Å². The summed E-state index contributed by atoms with van der Waals surface area (Å²) in [6.45, 7) is 5.25. The van der Waals surface area contributed by atoms with Crippen molar-refractivity contribution in [1.82, 2.24) is 0 Å². The van der Waals surface area contributed by atoms with Crippen LogP contribution in [-0.4, -0.2) is 19.1 Å². The summed E-state index contributed by atoms with van der Waals surface area (Å²) in [7, 11) is 0. The van der Waals surface area contributed by atoms with Gasteiger partial charge in [-0.15, -0.1) is 0 Å². The summed E-state index contributed by atoms with van der Waals surface area (Å²) in [6.07, 6.45) is 20.9. The van der Waals surface area contributed by atoms with Crippen molar-refractivity contribution in [3.05, 3.63) is 59.8 Å². The number of anilines is 1. The Hall–Kier alpha value is -2.80. The number of nitrogens with zero attached hydrogens (tertiary/aromatic N) is 2. The largest absolute Gasteiger partial charge is 0.462 e. The molecule has 0 radical (unpaired) electrons. The van der Waals surface area contributed by atoms with E-state index in [0.29, 0.717) is 0 Å². The second kappa shape index (κ2) is 15.1. The molecule has 0 saturated heterocycles. The summed E-state index contributed by atoms with van der Waals surface area (Å²) < 4.78 is 4.94. The van der Waals surface area contributed by atoms with E-state index in [1.54, 1.807) is 13.0 Å². The van der Waals surface area contributed by atoms with Crippen molar-refractivity contribution in [2.75, 3.05) is 18.1 Å². The van der Waals surface area contributed by atoms with E-state index < -0.39 is 5.97 Å². The molecule has 172 valence electrons. The Labute approximate surface area is 194 Å². The number of para-hydroxylation sites is 1. The van der Waals surface area contributed by atoms with Crippen LogP contribution < -0.4 is 4.90 Å². The highest BCUT2D eigenvalue weighted by Gasteiger charge is 2.15. The Morgan fingerprint density at radius 1 is 1.00 bits per heavy atom. The van der Waals surface area contributed by atoms with Gasteiger partial charge in [0.15, 0.2) is 0 Å². The van der Waals surface area contributed by atoms with Crippen LogP contribution in [0.5, 0.6) is 0 Å². The number of esters is 1. The Bertz CT molecular complexity index is 845. The SMILES string of the molecule is CCCCCCCCCCCCN1C=C/C(=C/C=C(\C#N)C(=O)OCC)c2ccccc21. The first-order valence-corrected chi connectivity index (χ1v) is 12.2. The van der Waals surface area contributed by atoms with Crippen LogP contribution in [0.15, 0.2) is 54.3 Å². The highest BCUT2D eigenvalue weighted by atomic mass is 16.5. The Kier molecular flexibility index (Phi) is 12.0. The van der Waals surface area contributed by atoms with Gasteiger partial charge in [-0.05, 0) is 37.1 Å². The lowest BCUT2D eigenvalue weighted by molar-refractivity contribution is -0.138. The lowest BCUT2D eigenvalue weighted by Crippen LogP contribution is -2.21. The predicted octanol–water partition coefficient (Wildman–Crippen LogP) is 7.34. The highest BCUT2D eigenvalue weighted by Crippen LogP contribution is 2.33. The molecule has 0 aromatic heterocycles. The number of rotatable bonds is 14. The molecule has 1 aliphatic rings. The number of carbonyl (C=O) groups excluding carboxylic acids is 1. The monoisotopic (exact) mass is 434 g/mol. The first-order chi connectivity index (χ1) is 15.7. The first-order valence-electron chi connectivity index (χ1n) is 12.2. The molecule has 4 nitrogen and oxygen atoms in total. The van der Waals surface area contributed by atoms with Crippen LogP contribution >= 0.6 is 0 Å². The van der Waals surface area contributed by atoms with E-state index in [1.165, 1.54) is 69.9 Å². The molecule has 0 spiro atoms. The number of ether oxygens (including phenoxy) is 1. The fourth-order valence-electron chi connectivity index (χ4n) is 3.95. The Morgan fingerprint density at radius 3 is 2.31 bits per heavy atom. The maximum atomic E-state index is 11.8. The number of nitriles is 1. The first kappa shape index (κ1) is 25.5. The van der Waals surface area contributed by atoms with Crippen molar-refractivity contribution in [2.45, 2.75) is 78.1 Å². The van der Waals surface area contributed by atoms with Crippen LogP contribution in [0.2, 0.25) is 0 Å². The summed E-state index contributed by atoms with van der Waals surface area (Å²) in [5.74, 6) is -0.581. The minimum atomic E-state index is -0.581. The summed E-state index contributed by atoms with van der Waals surface area (Å²) >= 11 is 0. The number of carbonyl (C=O) groups is 1. The molecule has 4 heteroatoms. The average molecular weight is 435 g/mol. The van der Waals surface area contributed by atoms with Gasteiger partial charge in [0.25, 0.3) is 0 Å². The van der Waals surface area contributed by atoms with Crippen LogP contribution in [0.3, 0.4) is 0 Å². The minimum Gasteiger partial charge on any atom is -0.462 e. The lowest BCUT2D eigenvalue weighted by atomic mass is 9.98. The van der Waals surface area contributed by atoms with Crippen molar-refractivity contribution in [3.63, 3.8) is 0 Å². The van der Waals surface area contributed by atoms with Gasteiger partial charge in [0.1, 0.15) is 11.6 Å². The predicted molar refractivity (Wildman–Crippen MR) is 133 cm³/mol. The zero-order valence-electron chi connectivity index (χ0n) is 19.8. The van der Waals surface area contributed by atoms with E-state index in [4.69, 9.17) is 4.74 Å². The second-order valence-electron chi connectivity index (χ2n) is 8.24. The minimum absolute atomic E-state index is 0.0121. The van der Waals surface area contributed by atoms with Gasteiger partial charge in [-0.1, -0.05) is 89.0 Å². The number of hydrogen-bond acceptors (Lipinski definition) is 4. The molecule has 2 rings (SSSR count). The number of fused-ring (bicyclic) bond motifs is 1. The molecule has 0 atom stereocenters. The van der Waals surface area contributed by atoms with Crippen molar-refractivity contribution in [2.24, 2.45) is 0 Å². The third-order valence-corrected chi connectivity index (χ3v) is 5.76. The highest BCUT2D eigenvalue weighted by molar-refractivity contribution is 5.94. The molecule has 32 heavy (non-hydrogen) atoms. The molecular weight excluding hydrogens is 396 g/mol.